The first-order valence-electron chi connectivity index (χ1n) is 7.01. The summed E-state index contributed by atoms with van der Waals surface area (Å²) in [6.45, 7) is 6.19. The Morgan fingerprint density at radius 1 is 1.00 bits per heavy atom. The number of nitrogens with one attached hydrogen (secondary N) is 1. The van der Waals surface area contributed by atoms with Crippen molar-refractivity contribution in [1.82, 2.24) is 0 Å². The molecule has 2 aromatic rings. The summed E-state index contributed by atoms with van der Waals surface area (Å²) in [4.78, 5) is 11.3. The van der Waals surface area contributed by atoms with Gasteiger partial charge in [-0.3, -0.25) is 5.32 Å². The molecule has 0 unspecified atom stereocenters. The van der Waals surface area contributed by atoms with E-state index in [2.05, 4.69) is 54.2 Å². The third kappa shape index (κ3) is 3.63. The van der Waals surface area contributed by atoms with Crippen molar-refractivity contribution in [3.8, 4) is 0 Å². The molecular weight excluding hydrogens is 262 g/mol. The zero-order chi connectivity index (χ0) is 15.4. The van der Waals surface area contributed by atoms with Crippen molar-refractivity contribution < 1.29 is 9.53 Å². The first-order chi connectivity index (χ1) is 10.0. The van der Waals surface area contributed by atoms with Gasteiger partial charge in [0.15, 0.2) is 0 Å². The lowest BCUT2D eigenvalue weighted by Gasteiger charge is -2.14. The second-order valence-electron chi connectivity index (χ2n) is 5.31. The maximum Gasteiger partial charge on any atom is 0.411 e. The van der Waals surface area contributed by atoms with Crippen LogP contribution >= 0.6 is 0 Å². The Balaban J connectivity index is 2.28. The summed E-state index contributed by atoms with van der Waals surface area (Å²) in [5.41, 5.74) is 6.90. The van der Waals surface area contributed by atoms with Gasteiger partial charge in [0, 0.05) is 5.69 Å². The summed E-state index contributed by atoms with van der Waals surface area (Å²) < 4.78 is 4.64. The summed E-state index contributed by atoms with van der Waals surface area (Å²) in [5, 5.41) is 2.74. The minimum Gasteiger partial charge on any atom is -0.453 e. The molecule has 2 rings (SSSR count). The zero-order valence-electron chi connectivity index (χ0n) is 13.0. The van der Waals surface area contributed by atoms with Gasteiger partial charge < -0.3 is 4.74 Å². The van der Waals surface area contributed by atoms with Gasteiger partial charge in [-0.1, -0.05) is 30.3 Å². The van der Waals surface area contributed by atoms with Crippen molar-refractivity contribution in [3.05, 3.63) is 64.2 Å². The molecule has 1 N–H and O–H groups in total. The van der Waals surface area contributed by atoms with E-state index in [0.29, 0.717) is 0 Å². The van der Waals surface area contributed by atoms with E-state index in [1.807, 2.05) is 13.0 Å². The molecule has 3 heteroatoms. The lowest BCUT2D eigenvalue weighted by molar-refractivity contribution is 0.187. The summed E-state index contributed by atoms with van der Waals surface area (Å²) >= 11 is 0. The van der Waals surface area contributed by atoms with E-state index in [4.69, 9.17) is 0 Å². The Labute approximate surface area is 126 Å². The topological polar surface area (TPSA) is 38.3 Å². The lowest BCUT2D eigenvalue weighted by Crippen LogP contribution is -2.12. The molecule has 0 aliphatic heterocycles. The fraction of sp³-hybridized carbons (Fsp3) is 0.278. The van der Waals surface area contributed by atoms with E-state index in [1.165, 1.54) is 23.8 Å². The first-order valence-corrected chi connectivity index (χ1v) is 7.01. The number of benzene rings is 2. The van der Waals surface area contributed by atoms with E-state index in [9.17, 15) is 4.79 Å². The van der Waals surface area contributed by atoms with E-state index in [-0.39, 0.29) is 0 Å². The summed E-state index contributed by atoms with van der Waals surface area (Å²) in [7, 11) is 1.37. The standard InChI is InChI=1S/C18H21NO2/c1-12-7-5-6-8-15(12)11-16-9-14(3)17(10-13(16)2)19-18(20)21-4/h5-10H,11H2,1-4H3,(H,19,20). The number of ether oxygens (including phenoxy) is 1. The van der Waals surface area contributed by atoms with Gasteiger partial charge in [0.2, 0.25) is 0 Å². The fourth-order valence-corrected chi connectivity index (χ4v) is 2.38. The van der Waals surface area contributed by atoms with Gasteiger partial charge in [-0.15, -0.1) is 0 Å². The van der Waals surface area contributed by atoms with E-state index in [1.54, 1.807) is 0 Å². The number of anilines is 1. The second kappa shape index (κ2) is 6.44. The number of amides is 1. The number of hydrogen-bond donors (Lipinski definition) is 1. The van der Waals surface area contributed by atoms with Crippen molar-refractivity contribution in [3.63, 3.8) is 0 Å². The van der Waals surface area contributed by atoms with Gasteiger partial charge in [-0.2, -0.15) is 0 Å². The Kier molecular flexibility index (Phi) is 4.63. The van der Waals surface area contributed by atoms with Crippen molar-refractivity contribution in [1.29, 1.82) is 0 Å². The Morgan fingerprint density at radius 3 is 2.38 bits per heavy atom. The molecule has 0 radical (unpaired) electrons. The molecule has 0 aromatic heterocycles. The summed E-state index contributed by atoms with van der Waals surface area (Å²) in [6.07, 6.45) is 0.460. The van der Waals surface area contributed by atoms with Gasteiger partial charge in [0.1, 0.15) is 0 Å². The summed E-state index contributed by atoms with van der Waals surface area (Å²) in [5.74, 6) is 0. The third-order valence-corrected chi connectivity index (χ3v) is 3.75. The number of carbonyl (C=O) groups excluding carboxylic acids is 1. The van der Waals surface area contributed by atoms with Crippen molar-refractivity contribution >= 4 is 11.8 Å². The van der Waals surface area contributed by atoms with Crippen molar-refractivity contribution in [2.45, 2.75) is 27.2 Å². The van der Waals surface area contributed by atoms with E-state index < -0.39 is 6.09 Å². The molecule has 110 valence electrons. The highest BCUT2D eigenvalue weighted by atomic mass is 16.5. The third-order valence-electron chi connectivity index (χ3n) is 3.75. The van der Waals surface area contributed by atoms with Crippen LogP contribution in [0.25, 0.3) is 0 Å². The second-order valence-corrected chi connectivity index (χ2v) is 5.31. The van der Waals surface area contributed by atoms with Gasteiger partial charge in [0.25, 0.3) is 0 Å². The number of methoxy groups -OCH3 is 1. The van der Waals surface area contributed by atoms with Crippen LogP contribution in [0.15, 0.2) is 36.4 Å². The molecule has 0 aliphatic carbocycles. The molecule has 0 fully saturated rings. The zero-order valence-corrected chi connectivity index (χ0v) is 13.0. The highest BCUT2D eigenvalue weighted by Crippen LogP contribution is 2.24. The molecule has 0 spiro atoms. The van der Waals surface area contributed by atoms with E-state index >= 15 is 0 Å². The number of hydrogen-bond acceptors (Lipinski definition) is 2. The average Bonchev–Trinajstić information content (AvgIpc) is 2.46. The minimum absolute atomic E-state index is 0.441. The highest BCUT2D eigenvalue weighted by Gasteiger charge is 2.09. The van der Waals surface area contributed by atoms with Crippen LogP contribution in [0.5, 0.6) is 0 Å². The molecule has 0 saturated carbocycles. The van der Waals surface area contributed by atoms with Crippen molar-refractivity contribution in [2.75, 3.05) is 12.4 Å². The van der Waals surface area contributed by atoms with Crippen LogP contribution in [0, 0.1) is 20.8 Å². The quantitative estimate of drug-likeness (QED) is 0.907. The SMILES string of the molecule is COC(=O)Nc1cc(C)c(Cc2ccccc2C)cc1C. The molecule has 2 aromatic carbocycles. The molecule has 0 aliphatic rings. The van der Waals surface area contributed by atoms with Crippen LogP contribution in [-0.4, -0.2) is 13.2 Å². The Morgan fingerprint density at radius 2 is 1.71 bits per heavy atom. The molecule has 0 saturated heterocycles. The molecule has 0 heterocycles. The maximum atomic E-state index is 11.3. The minimum atomic E-state index is -0.441. The highest BCUT2D eigenvalue weighted by molar-refractivity contribution is 5.85. The predicted octanol–water partition coefficient (Wildman–Crippen LogP) is 4.38. The van der Waals surface area contributed by atoms with Crippen LogP contribution in [0.4, 0.5) is 10.5 Å². The van der Waals surface area contributed by atoms with Crippen LogP contribution in [0.2, 0.25) is 0 Å². The van der Waals surface area contributed by atoms with Crippen LogP contribution in [0.3, 0.4) is 0 Å². The average molecular weight is 283 g/mol. The van der Waals surface area contributed by atoms with Crippen molar-refractivity contribution in [2.24, 2.45) is 0 Å². The molecular formula is C18H21NO2. The first kappa shape index (κ1) is 15.1. The van der Waals surface area contributed by atoms with Gasteiger partial charge in [-0.25, -0.2) is 4.79 Å². The number of rotatable bonds is 3. The van der Waals surface area contributed by atoms with Gasteiger partial charge >= 0.3 is 6.09 Å². The lowest BCUT2D eigenvalue weighted by atomic mass is 9.95. The van der Waals surface area contributed by atoms with Crippen LogP contribution < -0.4 is 5.32 Å². The number of carbonyl (C=O) groups is 1. The predicted molar refractivity (Wildman–Crippen MR) is 85.9 cm³/mol. The van der Waals surface area contributed by atoms with E-state index in [0.717, 1.165) is 23.2 Å². The Hall–Kier alpha value is -2.29. The Bertz CT molecular complexity index is 662. The largest absolute Gasteiger partial charge is 0.453 e. The van der Waals surface area contributed by atoms with Gasteiger partial charge in [0.05, 0.1) is 7.11 Å². The fourth-order valence-electron chi connectivity index (χ4n) is 2.38. The van der Waals surface area contributed by atoms with Crippen LogP contribution in [-0.2, 0) is 11.2 Å². The summed E-state index contributed by atoms with van der Waals surface area (Å²) in [6, 6.07) is 12.5. The molecule has 0 atom stereocenters. The van der Waals surface area contributed by atoms with Crippen LogP contribution in [0.1, 0.15) is 27.8 Å². The van der Waals surface area contributed by atoms with Gasteiger partial charge in [-0.05, 0) is 61.1 Å². The monoisotopic (exact) mass is 283 g/mol. The molecule has 21 heavy (non-hydrogen) atoms. The molecule has 0 bridgehead atoms. The molecule has 3 nitrogen and oxygen atoms in total. The normalized spacial score (nSPS) is 10.3. The molecule has 1 amide bonds. The smallest absolute Gasteiger partial charge is 0.411 e. The number of aryl methyl sites for hydroxylation is 3. The maximum absolute atomic E-state index is 11.3.